The summed E-state index contributed by atoms with van der Waals surface area (Å²) >= 11 is 0. The molecule has 2 aromatic carbocycles. The fraction of sp³-hybridized carbons (Fsp3) is 0.158. The van der Waals surface area contributed by atoms with Crippen molar-refractivity contribution in [1.29, 1.82) is 0 Å². The third-order valence-corrected chi connectivity index (χ3v) is 3.66. The Balaban J connectivity index is 1.48. The van der Waals surface area contributed by atoms with Gasteiger partial charge in [-0.15, -0.1) is 13.2 Å². The number of nitrogens with zero attached hydrogens (tertiary/aromatic N) is 2. The van der Waals surface area contributed by atoms with E-state index < -0.39 is 18.1 Å². The van der Waals surface area contributed by atoms with E-state index in [0.29, 0.717) is 13.0 Å². The van der Waals surface area contributed by atoms with Gasteiger partial charge in [0.05, 0.1) is 11.4 Å². The summed E-state index contributed by atoms with van der Waals surface area (Å²) < 4.78 is 42.3. The molecule has 1 heterocycles. The van der Waals surface area contributed by atoms with Crippen LogP contribution in [0.15, 0.2) is 66.9 Å². The van der Waals surface area contributed by atoms with E-state index in [0.717, 1.165) is 23.5 Å². The molecule has 0 aliphatic rings. The number of anilines is 1. The molecule has 0 saturated heterocycles. The lowest BCUT2D eigenvalue weighted by Crippen LogP contribution is -2.30. The van der Waals surface area contributed by atoms with Crippen molar-refractivity contribution in [3.63, 3.8) is 0 Å². The standard InChI is InChI=1S/C19H17F3N4O2/c20-19(21,22)28-17-8-4-5-15(13-17)24-18(27)23-11-9-14-10-12-26(25-14)16-6-2-1-3-7-16/h1-8,10,12-13H,9,11H2,(H2,23,24,27). The van der Waals surface area contributed by atoms with E-state index in [1.807, 2.05) is 42.6 Å². The van der Waals surface area contributed by atoms with Gasteiger partial charge in [-0.2, -0.15) is 5.10 Å². The van der Waals surface area contributed by atoms with Crippen LogP contribution in [0.4, 0.5) is 23.7 Å². The molecule has 0 radical (unpaired) electrons. The van der Waals surface area contributed by atoms with Gasteiger partial charge in [0.15, 0.2) is 0 Å². The van der Waals surface area contributed by atoms with Gasteiger partial charge >= 0.3 is 12.4 Å². The number of ether oxygens (including phenoxy) is 1. The molecular weight excluding hydrogens is 373 g/mol. The fourth-order valence-corrected chi connectivity index (χ4v) is 2.47. The number of rotatable bonds is 6. The third kappa shape index (κ3) is 5.76. The van der Waals surface area contributed by atoms with Gasteiger partial charge in [0.25, 0.3) is 0 Å². The van der Waals surface area contributed by atoms with Crippen LogP contribution in [0, 0.1) is 0 Å². The largest absolute Gasteiger partial charge is 0.573 e. The molecule has 9 heteroatoms. The maximum absolute atomic E-state index is 12.2. The first-order valence-corrected chi connectivity index (χ1v) is 8.40. The van der Waals surface area contributed by atoms with Crippen LogP contribution in [-0.2, 0) is 6.42 Å². The molecule has 0 atom stereocenters. The molecule has 146 valence electrons. The molecular formula is C19H17F3N4O2. The zero-order chi connectivity index (χ0) is 20.0. The summed E-state index contributed by atoms with van der Waals surface area (Å²) in [5.41, 5.74) is 1.91. The van der Waals surface area contributed by atoms with Crippen molar-refractivity contribution < 1.29 is 22.7 Å². The van der Waals surface area contributed by atoms with E-state index >= 15 is 0 Å². The number of carbonyl (C=O) groups excluding carboxylic acids is 1. The number of urea groups is 1. The Morgan fingerprint density at radius 1 is 1.07 bits per heavy atom. The topological polar surface area (TPSA) is 68.2 Å². The van der Waals surface area contributed by atoms with Gasteiger partial charge < -0.3 is 15.4 Å². The van der Waals surface area contributed by atoms with Gasteiger partial charge in [-0.1, -0.05) is 24.3 Å². The molecule has 6 nitrogen and oxygen atoms in total. The fourth-order valence-electron chi connectivity index (χ4n) is 2.47. The van der Waals surface area contributed by atoms with E-state index in [1.54, 1.807) is 4.68 Å². The van der Waals surface area contributed by atoms with Crippen LogP contribution in [0.5, 0.6) is 5.75 Å². The maximum Gasteiger partial charge on any atom is 0.573 e. The second kappa shape index (κ2) is 8.47. The smallest absolute Gasteiger partial charge is 0.406 e. The highest BCUT2D eigenvalue weighted by Gasteiger charge is 2.31. The van der Waals surface area contributed by atoms with E-state index in [1.165, 1.54) is 12.1 Å². The zero-order valence-electron chi connectivity index (χ0n) is 14.6. The van der Waals surface area contributed by atoms with Gasteiger partial charge in [0, 0.05) is 30.9 Å². The SMILES string of the molecule is O=C(NCCc1ccn(-c2ccccc2)n1)Nc1cccc(OC(F)(F)F)c1. The van der Waals surface area contributed by atoms with Crippen LogP contribution in [-0.4, -0.2) is 28.7 Å². The predicted octanol–water partition coefficient (Wildman–Crippen LogP) is 4.14. The van der Waals surface area contributed by atoms with E-state index in [4.69, 9.17) is 0 Å². The molecule has 3 aromatic rings. The van der Waals surface area contributed by atoms with Gasteiger partial charge in [-0.05, 0) is 30.3 Å². The van der Waals surface area contributed by atoms with Crippen LogP contribution < -0.4 is 15.4 Å². The van der Waals surface area contributed by atoms with Crippen LogP contribution in [0.25, 0.3) is 5.69 Å². The highest BCUT2D eigenvalue weighted by atomic mass is 19.4. The first-order chi connectivity index (χ1) is 13.4. The van der Waals surface area contributed by atoms with E-state index in [9.17, 15) is 18.0 Å². The molecule has 0 bridgehead atoms. The minimum Gasteiger partial charge on any atom is -0.406 e. The van der Waals surface area contributed by atoms with Crippen molar-refractivity contribution in [2.45, 2.75) is 12.8 Å². The summed E-state index contributed by atoms with van der Waals surface area (Å²) in [4.78, 5) is 11.9. The molecule has 2 amide bonds. The Bertz CT molecular complexity index is 926. The lowest BCUT2D eigenvalue weighted by molar-refractivity contribution is -0.274. The Hall–Kier alpha value is -3.49. The molecule has 0 unspecified atom stereocenters. The summed E-state index contributed by atoms with van der Waals surface area (Å²) in [5, 5.41) is 9.53. The Kier molecular flexibility index (Phi) is 5.83. The molecule has 0 saturated carbocycles. The summed E-state index contributed by atoms with van der Waals surface area (Å²) in [5.74, 6) is -0.406. The number of amides is 2. The lowest BCUT2D eigenvalue weighted by atomic mass is 10.3. The van der Waals surface area contributed by atoms with E-state index in [-0.39, 0.29) is 5.69 Å². The van der Waals surface area contributed by atoms with E-state index in [2.05, 4.69) is 20.5 Å². The minimum absolute atomic E-state index is 0.188. The molecule has 0 aliphatic carbocycles. The monoisotopic (exact) mass is 390 g/mol. The average Bonchev–Trinajstić information content (AvgIpc) is 3.10. The Morgan fingerprint density at radius 3 is 2.61 bits per heavy atom. The van der Waals surface area contributed by atoms with Crippen molar-refractivity contribution in [2.75, 3.05) is 11.9 Å². The Labute approximate surface area is 158 Å². The number of alkyl halides is 3. The van der Waals surface area contributed by atoms with Crippen molar-refractivity contribution in [3.8, 4) is 11.4 Å². The first-order valence-electron chi connectivity index (χ1n) is 8.40. The number of hydrogen-bond donors (Lipinski definition) is 2. The molecule has 0 aliphatic heterocycles. The lowest BCUT2D eigenvalue weighted by Gasteiger charge is -2.11. The van der Waals surface area contributed by atoms with Crippen LogP contribution in [0.3, 0.4) is 0 Å². The number of para-hydroxylation sites is 1. The highest BCUT2D eigenvalue weighted by Crippen LogP contribution is 2.24. The van der Waals surface area contributed by atoms with Crippen molar-refractivity contribution in [2.24, 2.45) is 0 Å². The number of carbonyl (C=O) groups is 1. The number of hydrogen-bond acceptors (Lipinski definition) is 3. The first kappa shape index (κ1) is 19.3. The molecule has 1 aromatic heterocycles. The van der Waals surface area contributed by atoms with Gasteiger partial charge in [0.1, 0.15) is 5.75 Å². The predicted molar refractivity (Wildman–Crippen MR) is 97.4 cm³/mol. The Morgan fingerprint density at radius 2 is 1.86 bits per heavy atom. The molecule has 0 fully saturated rings. The number of aromatic nitrogens is 2. The third-order valence-electron chi connectivity index (χ3n) is 3.66. The zero-order valence-corrected chi connectivity index (χ0v) is 14.6. The van der Waals surface area contributed by atoms with Crippen LogP contribution in [0.2, 0.25) is 0 Å². The summed E-state index contributed by atoms with van der Waals surface area (Å²) in [6.07, 6.45) is -2.45. The normalized spacial score (nSPS) is 11.1. The molecule has 28 heavy (non-hydrogen) atoms. The second-order valence-electron chi connectivity index (χ2n) is 5.79. The summed E-state index contributed by atoms with van der Waals surface area (Å²) in [6.45, 7) is 0.316. The quantitative estimate of drug-likeness (QED) is 0.665. The average molecular weight is 390 g/mol. The van der Waals surface area contributed by atoms with Gasteiger partial charge in [-0.25, -0.2) is 9.48 Å². The second-order valence-corrected chi connectivity index (χ2v) is 5.79. The molecule has 0 spiro atoms. The summed E-state index contributed by atoms with van der Waals surface area (Å²) in [6, 6.07) is 16.0. The van der Waals surface area contributed by atoms with Crippen LogP contribution >= 0.6 is 0 Å². The van der Waals surface area contributed by atoms with Crippen molar-refractivity contribution in [3.05, 3.63) is 72.6 Å². The number of benzene rings is 2. The van der Waals surface area contributed by atoms with Crippen LogP contribution in [0.1, 0.15) is 5.69 Å². The summed E-state index contributed by atoms with van der Waals surface area (Å²) in [7, 11) is 0. The van der Waals surface area contributed by atoms with Gasteiger partial charge in [0.2, 0.25) is 0 Å². The highest BCUT2D eigenvalue weighted by molar-refractivity contribution is 5.89. The number of nitrogens with one attached hydrogen (secondary N) is 2. The van der Waals surface area contributed by atoms with Crippen molar-refractivity contribution >= 4 is 11.7 Å². The number of halogens is 3. The molecule has 3 rings (SSSR count). The molecule has 2 N–H and O–H groups in total. The maximum atomic E-state index is 12.2. The minimum atomic E-state index is -4.79. The van der Waals surface area contributed by atoms with Crippen molar-refractivity contribution in [1.82, 2.24) is 15.1 Å². The van der Waals surface area contributed by atoms with Gasteiger partial charge in [-0.3, -0.25) is 0 Å².